The third kappa shape index (κ3) is 3.61. The summed E-state index contributed by atoms with van der Waals surface area (Å²) >= 11 is 6.01. The largest absolute Gasteiger partial charge is 0.350 e. The Morgan fingerprint density at radius 2 is 1.91 bits per heavy atom. The smallest absolute Gasteiger partial charge is 0.267 e. The van der Waals surface area contributed by atoms with E-state index in [4.69, 9.17) is 11.6 Å². The Balaban J connectivity index is 1.33. The quantitative estimate of drug-likeness (QED) is 0.412. The lowest BCUT2D eigenvalue weighted by atomic mass is 10.2. The van der Waals surface area contributed by atoms with Crippen molar-refractivity contribution in [1.82, 2.24) is 24.7 Å². The number of amides is 1. The number of hydrogen-bond acceptors (Lipinski definition) is 5. The van der Waals surface area contributed by atoms with Gasteiger partial charge in [0.05, 0.1) is 16.1 Å². The molecule has 0 aliphatic heterocycles. The van der Waals surface area contributed by atoms with E-state index in [2.05, 4.69) is 20.3 Å². The highest BCUT2D eigenvalue weighted by Crippen LogP contribution is 2.23. The number of hydrogen-bond donors (Lipinski definition) is 2. The van der Waals surface area contributed by atoms with Gasteiger partial charge in [0.2, 0.25) is 9.84 Å². The summed E-state index contributed by atoms with van der Waals surface area (Å²) < 4.78 is 27.6. The summed E-state index contributed by atoms with van der Waals surface area (Å²) in [4.78, 5) is 23.8. The fraction of sp³-hybridized carbons (Fsp3) is 0.0455. The summed E-state index contributed by atoms with van der Waals surface area (Å²) in [7, 11) is -3.80. The van der Waals surface area contributed by atoms with Crippen LogP contribution in [-0.4, -0.2) is 33.7 Å². The molecule has 1 aromatic carbocycles. The van der Waals surface area contributed by atoms with Crippen LogP contribution in [0.1, 0.15) is 16.1 Å². The molecule has 0 unspecified atom stereocenters. The zero-order chi connectivity index (χ0) is 22.3. The van der Waals surface area contributed by atoms with E-state index < -0.39 is 9.84 Å². The van der Waals surface area contributed by atoms with Gasteiger partial charge in [0.15, 0.2) is 5.03 Å². The summed E-state index contributed by atoms with van der Waals surface area (Å²) in [5.41, 5.74) is 2.50. The van der Waals surface area contributed by atoms with Crippen molar-refractivity contribution in [3.63, 3.8) is 0 Å². The average molecular weight is 466 g/mol. The van der Waals surface area contributed by atoms with Crippen molar-refractivity contribution in [2.24, 2.45) is 0 Å². The highest BCUT2D eigenvalue weighted by molar-refractivity contribution is 7.91. The number of pyridine rings is 2. The number of aromatic nitrogens is 4. The Morgan fingerprint density at radius 3 is 2.69 bits per heavy atom. The molecule has 0 atom stereocenters. The van der Waals surface area contributed by atoms with Gasteiger partial charge in [-0.15, -0.1) is 0 Å². The first-order chi connectivity index (χ1) is 15.4. The molecule has 4 aromatic heterocycles. The van der Waals surface area contributed by atoms with Gasteiger partial charge in [0.25, 0.3) is 5.91 Å². The molecular formula is C22H16ClN5O3S. The number of aromatic amines is 1. The van der Waals surface area contributed by atoms with E-state index in [9.17, 15) is 13.2 Å². The predicted molar refractivity (Wildman–Crippen MR) is 119 cm³/mol. The van der Waals surface area contributed by atoms with E-state index in [-0.39, 0.29) is 22.4 Å². The van der Waals surface area contributed by atoms with Crippen LogP contribution in [-0.2, 0) is 16.4 Å². The van der Waals surface area contributed by atoms with Gasteiger partial charge < -0.3 is 10.3 Å². The Morgan fingerprint density at radius 1 is 1.09 bits per heavy atom. The van der Waals surface area contributed by atoms with Gasteiger partial charge in [-0.3, -0.25) is 14.2 Å². The third-order valence-corrected chi connectivity index (χ3v) is 7.03. The number of sulfone groups is 1. The molecule has 0 bridgehead atoms. The van der Waals surface area contributed by atoms with Gasteiger partial charge >= 0.3 is 0 Å². The molecule has 2 N–H and O–H groups in total. The number of halogens is 1. The minimum atomic E-state index is -3.80. The molecule has 0 radical (unpaired) electrons. The van der Waals surface area contributed by atoms with Gasteiger partial charge in [0, 0.05) is 36.0 Å². The SMILES string of the molecule is O=C(NCc1ccc(S(=O)(=O)c2cnc3ccc(Cl)cn23)cc1)c1cc2cnccc2[nH]1. The molecule has 4 heterocycles. The lowest BCUT2D eigenvalue weighted by Crippen LogP contribution is -2.23. The van der Waals surface area contributed by atoms with Crippen molar-refractivity contribution in [1.29, 1.82) is 0 Å². The van der Waals surface area contributed by atoms with E-state index in [0.717, 1.165) is 16.5 Å². The topological polar surface area (TPSA) is 109 Å². The Kier molecular flexibility index (Phi) is 4.91. The van der Waals surface area contributed by atoms with Crippen molar-refractivity contribution < 1.29 is 13.2 Å². The molecule has 160 valence electrons. The van der Waals surface area contributed by atoms with Gasteiger partial charge in [-0.2, -0.15) is 0 Å². The number of benzene rings is 1. The van der Waals surface area contributed by atoms with Crippen LogP contribution in [0.5, 0.6) is 0 Å². The minimum Gasteiger partial charge on any atom is -0.350 e. The van der Waals surface area contributed by atoms with Crippen LogP contribution < -0.4 is 5.32 Å². The maximum atomic E-state index is 13.1. The number of fused-ring (bicyclic) bond motifs is 2. The summed E-state index contributed by atoms with van der Waals surface area (Å²) in [6.07, 6.45) is 6.16. The molecule has 0 fully saturated rings. The van der Waals surface area contributed by atoms with Crippen molar-refractivity contribution in [3.8, 4) is 0 Å². The number of nitrogens with zero attached hydrogens (tertiary/aromatic N) is 3. The van der Waals surface area contributed by atoms with Crippen molar-refractivity contribution in [2.45, 2.75) is 16.5 Å². The molecule has 10 heteroatoms. The van der Waals surface area contributed by atoms with Crippen molar-refractivity contribution >= 4 is 43.9 Å². The lowest BCUT2D eigenvalue weighted by molar-refractivity contribution is 0.0946. The van der Waals surface area contributed by atoms with Gasteiger partial charge in [0.1, 0.15) is 11.3 Å². The number of H-pyrrole nitrogens is 1. The van der Waals surface area contributed by atoms with Crippen LogP contribution in [0, 0.1) is 0 Å². The highest BCUT2D eigenvalue weighted by atomic mass is 35.5. The molecule has 0 saturated heterocycles. The van der Waals surface area contributed by atoms with Crippen LogP contribution in [0.2, 0.25) is 5.02 Å². The maximum Gasteiger partial charge on any atom is 0.267 e. The van der Waals surface area contributed by atoms with E-state index in [1.165, 1.54) is 28.9 Å². The first-order valence-electron chi connectivity index (χ1n) is 9.59. The van der Waals surface area contributed by atoms with Gasteiger partial charge in [-0.1, -0.05) is 23.7 Å². The fourth-order valence-electron chi connectivity index (χ4n) is 3.41. The summed E-state index contributed by atoms with van der Waals surface area (Å²) in [6, 6.07) is 13.2. The van der Waals surface area contributed by atoms with Crippen LogP contribution in [0.15, 0.2) is 83.2 Å². The second kappa shape index (κ2) is 7.77. The van der Waals surface area contributed by atoms with Crippen LogP contribution >= 0.6 is 11.6 Å². The molecule has 1 amide bonds. The fourth-order valence-corrected chi connectivity index (χ4v) is 4.90. The van der Waals surface area contributed by atoms with E-state index in [0.29, 0.717) is 16.4 Å². The molecule has 8 nitrogen and oxygen atoms in total. The molecule has 5 aromatic rings. The standard InChI is InChI=1S/C22H16ClN5O3S/c23-16-3-6-20-25-12-21(28(20)13-16)32(30,31)17-4-1-14(2-5-17)10-26-22(29)19-9-15-11-24-8-7-18(15)27-19/h1-9,11-13,27H,10H2,(H,26,29). The Labute approximate surface area is 187 Å². The maximum absolute atomic E-state index is 13.1. The molecule has 0 aliphatic rings. The Hall–Kier alpha value is -3.69. The number of nitrogens with one attached hydrogen (secondary N) is 2. The number of rotatable bonds is 5. The predicted octanol–water partition coefficient (Wildman–Crippen LogP) is 3.63. The van der Waals surface area contributed by atoms with Gasteiger partial charge in [-0.05, 0) is 42.0 Å². The van der Waals surface area contributed by atoms with Crippen LogP contribution in [0.4, 0.5) is 0 Å². The zero-order valence-corrected chi connectivity index (χ0v) is 18.1. The average Bonchev–Trinajstić information content (AvgIpc) is 3.42. The summed E-state index contributed by atoms with van der Waals surface area (Å²) in [5, 5.41) is 4.11. The second-order valence-electron chi connectivity index (χ2n) is 7.15. The number of carbonyl (C=O) groups excluding carboxylic acids is 1. The minimum absolute atomic E-state index is 0.0318. The van der Waals surface area contributed by atoms with Crippen LogP contribution in [0.3, 0.4) is 0 Å². The highest BCUT2D eigenvalue weighted by Gasteiger charge is 2.22. The zero-order valence-electron chi connectivity index (χ0n) is 16.5. The van der Waals surface area contributed by atoms with E-state index in [1.807, 2.05) is 0 Å². The van der Waals surface area contributed by atoms with Gasteiger partial charge in [-0.25, -0.2) is 13.4 Å². The van der Waals surface area contributed by atoms with E-state index in [1.54, 1.807) is 48.8 Å². The lowest BCUT2D eigenvalue weighted by Gasteiger charge is -2.07. The molecule has 0 spiro atoms. The van der Waals surface area contributed by atoms with Crippen LogP contribution in [0.25, 0.3) is 16.6 Å². The summed E-state index contributed by atoms with van der Waals surface area (Å²) in [5.74, 6) is -0.263. The molecular weight excluding hydrogens is 450 g/mol. The third-order valence-electron chi connectivity index (χ3n) is 5.06. The molecule has 5 rings (SSSR count). The first kappa shape index (κ1) is 20.2. The normalized spacial score (nSPS) is 11.8. The first-order valence-corrected chi connectivity index (χ1v) is 11.5. The monoisotopic (exact) mass is 465 g/mol. The van der Waals surface area contributed by atoms with Crippen molar-refractivity contribution in [3.05, 3.63) is 89.6 Å². The summed E-state index contributed by atoms with van der Waals surface area (Å²) in [6.45, 7) is 0.248. The number of carbonyl (C=O) groups is 1. The molecule has 0 saturated carbocycles. The molecule has 0 aliphatic carbocycles. The number of imidazole rings is 1. The Bertz CT molecular complexity index is 1540. The van der Waals surface area contributed by atoms with Crippen molar-refractivity contribution in [2.75, 3.05) is 0 Å². The second-order valence-corrected chi connectivity index (χ2v) is 9.48. The molecule has 32 heavy (non-hydrogen) atoms. The van der Waals surface area contributed by atoms with E-state index >= 15 is 0 Å².